The zero-order valence-electron chi connectivity index (χ0n) is 19.0. The van der Waals surface area contributed by atoms with Gasteiger partial charge < -0.3 is 10.2 Å². The van der Waals surface area contributed by atoms with Crippen LogP contribution in [0.2, 0.25) is 15.1 Å². The summed E-state index contributed by atoms with van der Waals surface area (Å²) in [5.74, 6) is -1.56. The summed E-state index contributed by atoms with van der Waals surface area (Å²) in [5, 5.41) is 2.88. The van der Waals surface area contributed by atoms with Crippen molar-refractivity contribution in [3.8, 4) is 0 Å². The number of carbonyl (C=O) groups is 2. The van der Waals surface area contributed by atoms with Crippen LogP contribution in [-0.4, -0.2) is 50.0 Å². The van der Waals surface area contributed by atoms with E-state index in [0.29, 0.717) is 5.56 Å². The van der Waals surface area contributed by atoms with E-state index in [2.05, 4.69) is 5.32 Å². The summed E-state index contributed by atoms with van der Waals surface area (Å²) in [4.78, 5) is 27.3. The largest absolute Gasteiger partial charge is 0.352 e. The fourth-order valence-electron chi connectivity index (χ4n) is 3.07. The Hall–Kier alpha value is -2.07. The number of nitrogens with one attached hydrogen (secondary N) is 1. The third kappa shape index (κ3) is 7.46. The van der Waals surface area contributed by atoms with Crippen molar-refractivity contribution in [1.82, 2.24) is 10.2 Å². The molecule has 0 heterocycles. The Morgan fingerprint density at radius 2 is 1.56 bits per heavy atom. The second kappa shape index (κ2) is 11.6. The molecule has 0 bridgehead atoms. The Morgan fingerprint density at radius 1 is 1.00 bits per heavy atom. The van der Waals surface area contributed by atoms with Gasteiger partial charge in [0.15, 0.2) is 0 Å². The molecule has 0 radical (unpaired) electrons. The van der Waals surface area contributed by atoms with Gasteiger partial charge in [-0.05, 0) is 50.6 Å². The maximum Gasteiger partial charge on any atom is 0.244 e. The Labute approximate surface area is 213 Å². The van der Waals surface area contributed by atoms with Gasteiger partial charge in [0.1, 0.15) is 18.4 Å². The molecule has 2 aromatic rings. The van der Waals surface area contributed by atoms with Crippen LogP contribution >= 0.6 is 34.8 Å². The topological polar surface area (TPSA) is 86.8 Å². The molecule has 0 fully saturated rings. The summed E-state index contributed by atoms with van der Waals surface area (Å²) in [6.07, 6.45) is 0.915. The van der Waals surface area contributed by atoms with Gasteiger partial charge in [-0.3, -0.25) is 13.9 Å². The molecule has 2 aromatic carbocycles. The number of carbonyl (C=O) groups excluding carboxylic acids is 2. The van der Waals surface area contributed by atoms with Gasteiger partial charge in [0.25, 0.3) is 0 Å². The van der Waals surface area contributed by atoms with E-state index < -0.39 is 40.2 Å². The maximum absolute atomic E-state index is 13.4. The summed E-state index contributed by atoms with van der Waals surface area (Å²) < 4.78 is 39.3. The maximum atomic E-state index is 13.4. The van der Waals surface area contributed by atoms with Crippen molar-refractivity contribution < 1.29 is 22.4 Å². The molecule has 2 rings (SSSR count). The van der Waals surface area contributed by atoms with Crippen molar-refractivity contribution in [2.24, 2.45) is 0 Å². The number of amides is 2. The minimum absolute atomic E-state index is 0.0247. The minimum Gasteiger partial charge on any atom is -0.352 e. The van der Waals surface area contributed by atoms with E-state index in [4.69, 9.17) is 34.8 Å². The predicted molar refractivity (Wildman–Crippen MR) is 133 cm³/mol. The summed E-state index contributed by atoms with van der Waals surface area (Å²) >= 11 is 18.2. The summed E-state index contributed by atoms with van der Waals surface area (Å²) in [7, 11) is -3.99. The zero-order valence-corrected chi connectivity index (χ0v) is 22.1. The molecule has 7 nitrogen and oxygen atoms in total. The van der Waals surface area contributed by atoms with Crippen LogP contribution in [0.4, 0.5) is 10.1 Å². The van der Waals surface area contributed by atoms with Gasteiger partial charge in [0.2, 0.25) is 21.8 Å². The Balaban J connectivity index is 2.45. The van der Waals surface area contributed by atoms with E-state index in [1.807, 2.05) is 0 Å². The van der Waals surface area contributed by atoms with Crippen molar-refractivity contribution in [3.63, 3.8) is 0 Å². The van der Waals surface area contributed by atoms with Crippen LogP contribution in [0, 0.1) is 5.82 Å². The zero-order chi connectivity index (χ0) is 25.8. The Morgan fingerprint density at radius 3 is 2.09 bits per heavy atom. The highest BCUT2D eigenvalue weighted by molar-refractivity contribution is 7.92. The van der Waals surface area contributed by atoms with Gasteiger partial charge in [-0.15, -0.1) is 0 Å². The first-order valence-electron chi connectivity index (χ1n) is 10.2. The number of hydrogen-bond acceptors (Lipinski definition) is 4. The van der Waals surface area contributed by atoms with Gasteiger partial charge in [-0.2, -0.15) is 0 Å². The lowest BCUT2D eigenvalue weighted by atomic mass is 10.1. The van der Waals surface area contributed by atoms with Gasteiger partial charge in [-0.25, -0.2) is 12.8 Å². The summed E-state index contributed by atoms with van der Waals surface area (Å²) in [5.41, 5.74) is 0.519. The number of rotatable bonds is 9. The molecule has 0 aliphatic heterocycles. The van der Waals surface area contributed by atoms with Crippen LogP contribution < -0.4 is 9.62 Å². The highest BCUT2D eigenvalue weighted by Crippen LogP contribution is 2.35. The van der Waals surface area contributed by atoms with Crippen molar-refractivity contribution in [1.29, 1.82) is 0 Å². The average Bonchev–Trinajstić information content (AvgIpc) is 2.72. The van der Waals surface area contributed by atoms with E-state index in [0.717, 1.165) is 10.6 Å². The molecule has 12 heteroatoms. The lowest BCUT2D eigenvalue weighted by Crippen LogP contribution is -2.52. The second-order valence-electron chi connectivity index (χ2n) is 7.97. The van der Waals surface area contributed by atoms with Crippen molar-refractivity contribution in [2.75, 3.05) is 17.1 Å². The molecule has 0 saturated carbocycles. The Kier molecular flexibility index (Phi) is 9.59. The van der Waals surface area contributed by atoms with Crippen molar-refractivity contribution in [2.45, 2.75) is 39.4 Å². The second-order valence-corrected chi connectivity index (χ2v) is 11.1. The monoisotopic (exact) mass is 551 g/mol. The molecule has 0 unspecified atom stereocenters. The molecule has 0 aliphatic rings. The van der Waals surface area contributed by atoms with Gasteiger partial charge in [0.05, 0.1) is 27.0 Å². The van der Waals surface area contributed by atoms with Gasteiger partial charge >= 0.3 is 0 Å². The van der Waals surface area contributed by atoms with Crippen LogP contribution in [0.3, 0.4) is 0 Å². The predicted octanol–water partition coefficient (Wildman–Crippen LogP) is 4.49. The number of halogens is 4. The molecule has 34 heavy (non-hydrogen) atoms. The SMILES string of the molecule is CC(C)NC(=O)[C@@H](C)N(Cc1ccc(F)cc1)C(=O)CN(c1cc(Cl)c(Cl)cc1Cl)S(C)(=O)=O. The molecule has 1 atom stereocenters. The molecule has 1 N–H and O–H groups in total. The number of sulfonamides is 1. The fourth-order valence-corrected chi connectivity index (χ4v) is 4.62. The standard InChI is InChI=1S/C22H25Cl3FN3O4S/c1-13(2)27-22(31)14(3)28(11-15-5-7-16(26)8-6-15)21(30)12-29(34(4,32)33)20-10-18(24)17(23)9-19(20)25/h5-10,13-14H,11-12H2,1-4H3,(H,27,31)/t14-/m1/s1. The fraction of sp³-hybridized carbons (Fsp3) is 0.364. The lowest BCUT2D eigenvalue weighted by Gasteiger charge is -2.32. The Bertz CT molecular complexity index is 1160. The van der Waals surface area contributed by atoms with E-state index in [1.54, 1.807) is 13.8 Å². The van der Waals surface area contributed by atoms with Crippen LogP contribution in [-0.2, 0) is 26.2 Å². The van der Waals surface area contributed by atoms with E-state index >= 15 is 0 Å². The first-order chi connectivity index (χ1) is 15.7. The van der Waals surface area contributed by atoms with Gasteiger partial charge in [0, 0.05) is 12.6 Å². The molecule has 0 saturated heterocycles. The van der Waals surface area contributed by atoms with Gasteiger partial charge in [-0.1, -0.05) is 46.9 Å². The normalized spacial score (nSPS) is 12.4. The van der Waals surface area contributed by atoms with E-state index in [-0.39, 0.29) is 33.3 Å². The van der Waals surface area contributed by atoms with Crippen LogP contribution in [0.5, 0.6) is 0 Å². The van der Waals surface area contributed by atoms with Crippen LogP contribution in [0.25, 0.3) is 0 Å². The van der Waals surface area contributed by atoms with E-state index in [1.165, 1.54) is 48.2 Å². The molecule has 0 spiro atoms. The minimum atomic E-state index is -3.99. The quantitative estimate of drug-likeness (QED) is 0.464. The molecular formula is C22H25Cl3FN3O4S. The van der Waals surface area contributed by atoms with Crippen molar-refractivity contribution in [3.05, 3.63) is 62.8 Å². The van der Waals surface area contributed by atoms with Crippen LogP contribution in [0.15, 0.2) is 36.4 Å². The van der Waals surface area contributed by atoms with Crippen LogP contribution in [0.1, 0.15) is 26.3 Å². The number of anilines is 1. The third-order valence-electron chi connectivity index (χ3n) is 4.80. The highest BCUT2D eigenvalue weighted by atomic mass is 35.5. The molecule has 0 aliphatic carbocycles. The summed E-state index contributed by atoms with van der Waals surface area (Å²) in [6, 6.07) is 6.81. The number of nitrogens with zero attached hydrogens (tertiary/aromatic N) is 2. The first kappa shape index (κ1) is 28.2. The molecule has 186 valence electrons. The van der Waals surface area contributed by atoms with E-state index in [9.17, 15) is 22.4 Å². The first-order valence-corrected chi connectivity index (χ1v) is 13.2. The summed E-state index contributed by atoms with van der Waals surface area (Å²) in [6.45, 7) is 4.36. The smallest absolute Gasteiger partial charge is 0.244 e. The molecule has 0 aromatic heterocycles. The average molecular weight is 553 g/mol. The molecule has 2 amide bonds. The third-order valence-corrected chi connectivity index (χ3v) is 6.95. The van der Waals surface area contributed by atoms with Crippen molar-refractivity contribution >= 4 is 62.3 Å². The number of benzene rings is 2. The lowest BCUT2D eigenvalue weighted by molar-refractivity contribution is -0.139. The highest BCUT2D eigenvalue weighted by Gasteiger charge is 2.31. The molecular weight excluding hydrogens is 528 g/mol. The number of hydrogen-bond donors (Lipinski definition) is 1.